The van der Waals surface area contributed by atoms with Crippen molar-refractivity contribution >= 4 is 28.8 Å². The van der Waals surface area contributed by atoms with Crippen LogP contribution in [0.25, 0.3) is 5.57 Å². The molecule has 3 aromatic carbocycles. The molecule has 0 saturated heterocycles. The number of aliphatic hydroxyl groups excluding tert-OH is 1. The number of benzene rings is 3. The highest BCUT2D eigenvalue weighted by atomic mass is 19.4. The number of carbonyl (C=O) groups is 2. The Hall–Kier alpha value is -4.37. The first kappa shape index (κ1) is 28.2. The Bertz CT molecular complexity index is 1470. The maximum Gasteiger partial charge on any atom is 0.416 e. The summed E-state index contributed by atoms with van der Waals surface area (Å²) in [4.78, 5) is 24.5. The van der Waals surface area contributed by atoms with E-state index in [1.165, 1.54) is 37.1 Å². The molecule has 1 unspecified atom stereocenters. The highest BCUT2D eigenvalue weighted by molar-refractivity contribution is 6.03. The molecule has 1 atom stereocenters. The minimum absolute atomic E-state index is 0.0690. The van der Waals surface area contributed by atoms with Gasteiger partial charge in [0.05, 0.1) is 12.2 Å². The second kappa shape index (κ2) is 12.0. The Labute approximate surface area is 235 Å². The lowest BCUT2D eigenvalue weighted by atomic mass is 9.96. The van der Waals surface area contributed by atoms with E-state index in [2.05, 4.69) is 10.6 Å². The van der Waals surface area contributed by atoms with Gasteiger partial charge in [0.1, 0.15) is 11.9 Å². The van der Waals surface area contributed by atoms with Crippen LogP contribution in [0.3, 0.4) is 0 Å². The molecule has 0 aromatic heterocycles. The molecule has 9 heteroatoms. The number of anilines is 2. The normalized spacial score (nSPS) is 17.2. The molecule has 3 N–H and O–H groups in total. The van der Waals surface area contributed by atoms with E-state index in [9.17, 15) is 27.9 Å². The average Bonchev–Trinajstić information content (AvgIpc) is 3.77. The Kier molecular flexibility index (Phi) is 8.26. The van der Waals surface area contributed by atoms with Gasteiger partial charge in [-0.1, -0.05) is 55.3 Å². The van der Waals surface area contributed by atoms with Gasteiger partial charge in [0, 0.05) is 29.4 Å². The molecule has 0 spiro atoms. The Morgan fingerprint density at radius 2 is 1.71 bits per heavy atom. The van der Waals surface area contributed by atoms with Crippen LogP contribution in [0.2, 0.25) is 0 Å². The van der Waals surface area contributed by atoms with Crippen molar-refractivity contribution in [3.63, 3.8) is 0 Å². The van der Waals surface area contributed by atoms with Gasteiger partial charge in [-0.3, -0.25) is 9.59 Å². The summed E-state index contributed by atoms with van der Waals surface area (Å²) in [5, 5.41) is 15.3. The molecule has 2 aliphatic rings. The smallest absolute Gasteiger partial charge is 0.416 e. The number of alkyl halides is 3. The van der Waals surface area contributed by atoms with Crippen LogP contribution in [0.5, 0.6) is 5.75 Å². The Morgan fingerprint density at radius 3 is 2.37 bits per heavy atom. The number of amides is 2. The Morgan fingerprint density at radius 1 is 1.02 bits per heavy atom. The quantitative estimate of drug-likeness (QED) is 0.209. The molecule has 0 bridgehead atoms. The number of hydrogen-bond donors (Lipinski definition) is 3. The van der Waals surface area contributed by atoms with Crippen molar-refractivity contribution < 1.29 is 32.6 Å². The fourth-order valence-electron chi connectivity index (χ4n) is 4.63. The van der Waals surface area contributed by atoms with E-state index in [1.807, 2.05) is 24.3 Å². The topological polar surface area (TPSA) is 87.7 Å². The maximum atomic E-state index is 13.1. The summed E-state index contributed by atoms with van der Waals surface area (Å²) < 4.78 is 45.2. The van der Waals surface area contributed by atoms with E-state index in [0.29, 0.717) is 40.4 Å². The van der Waals surface area contributed by atoms with E-state index in [4.69, 9.17) is 4.74 Å². The third-order valence-electron chi connectivity index (χ3n) is 7.08. The van der Waals surface area contributed by atoms with Crippen LogP contribution < -0.4 is 15.4 Å². The summed E-state index contributed by atoms with van der Waals surface area (Å²) in [5.41, 5.74) is 2.75. The molecular weight excluding hydrogens is 533 g/mol. The second-order valence-corrected chi connectivity index (χ2v) is 10.1. The molecule has 0 radical (unpaired) electrons. The fraction of sp³-hybridized carbons (Fsp3) is 0.250. The van der Waals surface area contributed by atoms with Crippen molar-refractivity contribution in [1.29, 1.82) is 0 Å². The first-order valence-electron chi connectivity index (χ1n) is 13.4. The van der Waals surface area contributed by atoms with Crippen LogP contribution in [0, 0.1) is 5.92 Å². The number of aliphatic hydroxyl groups is 1. The molecule has 1 saturated carbocycles. The second-order valence-electron chi connectivity index (χ2n) is 10.1. The summed E-state index contributed by atoms with van der Waals surface area (Å²) in [6.45, 7) is 0.638. The highest BCUT2D eigenvalue weighted by Gasteiger charge is 2.30. The first-order valence-corrected chi connectivity index (χ1v) is 13.4. The SMILES string of the molecule is O=C(C=CC=C(c1ccc(OCCC2CC2)cc1)c1ccc(C(F)(F)F)cc1)Nc1cccc2c1CC(O)C(=O)N2. The van der Waals surface area contributed by atoms with Crippen LogP contribution >= 0.6 is 0 Å². The summed E-state index contributed by atoms with van der Waals surface area (Å²) >= 11 is 0. The Balaban J connectivity index is 1.35. The lowest BCUT2D eigenvalue weighted by Gasteiger charge is -2.23. The molecule has 5 rings (SSSR count). The number of fused-ring (bicyclic) bond motifs is 1. The van der Waals surface area contributed by atoms with E-state index in [1.54, 1.807) is 24.3 Å². The largest absolute Gasteiger partial charge is 0.494 e. The van der Waals surface area contributed by atoms with Gasteiger partial charge >= 0.3 is 6.18 Å². The molecule has 1 fully saturated rings. The molecule has 212 valence electrons. The fourth-order valence-corrected chi connectivity index (χ4v) is 4.63. The van der Waals surface area contributed by atoms with Gasteiger partial charge in [-0.15, -0.1) is 0 Å². The highest BCUT2D eigenvalue weighted by Crippen LogP contribution is 2.34. The number of ether oxygens (including phenoxy) is 1. The summed E-state index contributed by atoms with van der Waals surface area (Å²) in [5.74, 6) is 0.516. The van der Waals surface area contributed by atoms with Crippen molar-refractivity contribution in [2.45, 2.75) is 38.0 Å². The number of halogens is 3. The van der Waals surface area contributed by atoms with Crippen LogP contribution in [0.4, 0.5) is 24.5 Å². The van der Waals surface area contributed by atoms with E-state index < -0.39 is 29.7 Å². The van der Waals surface area contributed by atoms with Gasteiger partial charge in [-0.05, 0) is 65.4 Å². The predicted molar refractivity (Wildman–Crippen MR) is 150 cm³/mol. The maximum absolute atomic E-state index is 13.1. The molecule has 1 aliphatic carbocycles. The van der Waals surface area contributed by atoms with Crippen LogP contribution in [0.1, 0.15) is 41.5 Å². The lowest BCUT2D eigenvalue weighted by Crippen LogP contribution is -2.34. The first-order chi connectivity index (χ1) is 19.7. The number of carbonyl (C=O) groups excluding carboxylic acids is 2. The predicted octanol–water partition coefficient (Wildman–Crippen LogP) is 6.37. The van der Waals surface area contributed by atoms with Crippen LogP contribution in [-0.2, 0) is 22.2 Å². The van der Waals surface area contributed by atoms with Crippen molar-refractivity contribution in [2.75, 3.05) is 17.2 Å². The van der Waals surface area contributed by atoms with Crippen LogP contribution in [0.15, 0.2) is 85.0 Å². The zero-order valence-electron chi connectivity index (χ0n) is 22.1. The van der Waals surface area contributed by atoms with Crippen molar-refractivity contribution in [2.24, 2.45) is 5.92 Å². The van der Waals surface area contributed by atoms with Crippen molar-refractivity contribution in [1.82, 2.24) is 0 Å². The minimum atomic E-state index is -4.45. The van der Waals surface area contributed by atoms with E-state index in [-0.39, 0.29) is 6.42 Å². The molecule has 6 nitrogen and oxygen atoms in total. The number of hydrogen-bond acceptors (Lipinski definition) is 4. The molecule has 3 aromatic rings. The van der Waals surface area contributed by atoms with Gasteiger partial charge in [-0.25, -0.2) is 0 Å². The van der Waals surface area contributed by atoms with Gasteiger partial charge in [0.25, 0.3) is 5.91 Å². The third-order valence-corrected chi connectivity index (χ3v) is 7.08. The number of allylic oxidation sites excluding steroid dienone is 2. The van der Waals surface area contributed by atoms with Crippen molar-refractivity contribution in [3.8, 4) is 5.75 Å². The van der Waals surface area contributed by atoms with E-state index in [0.717, 1.165) is 30.0 Å². The summed E-state index contributed by atoms with van der Waals surface area (Å²) in [6, 6.07) is 17.2. The van der Waals surface area contributed by atoms with Gasteiger partial charge in [0.2, 0.25) is 5.91 Å². The van der Waals surface area contributed by atoms with Gasteiger partial charge in [-0.2, -0.15) is 13.2 Å². The molecule has 2 amide bonds. The minimum Gasteiger partial charge on any atom is -0.494 e. The molecular formula is C32H29F3N2O4. The zero-order chi connectivity index (χ0) is 29.0. The monoisotopic (exact) mass is 562 g/mol. The van der Waals surface area contributed by atoms with Crippen molar-refractivity contribution in [3.05, 3.63) is 107 Å². The average molecular weight is 563 g/mol. The summed E-state index contributed by atoms with van der Waals surface area (Å²) in [7, 11) is 0. The van der Waals surface area contributed by atoms with Gasteiger partial charge in [0.15, 0.2) is 0 Å². The number of nitrogens with one attached hydrogen (secondary N) is 2. The van der Waals surface area contributed by atoms with Crippen LogP contribution in [-0.4, -0.2) is 29.6 Å². The van der Waals surface area contributed by atoms with E-state index >= 15 is 0 Å². The molecule has 1 aliphatic heterocycles. The van der Waals surface area contributed by atoms with Gasteiger partial charge < -0.3 is 20.5 Å². The zero-order valence-corrected chi connectivity index (χ0v) is 22.1. The summed E-state index contributed by atoms with van der Waals surface area (Å²) in [6.07, 6.45) is 2.43. The standard InChI is InChI=1S/C32H29F3N2O4/c33-32(34,35)23-13-9-21(10-14-23)25(22-11-15-24(16-12-22)41-18-17-20-7-8-20)3-1-6-30(39)36-27-4-2-5-28-26(27)19-29(38)31(40)37-28/h1-6,9-16,20,29,38H,7-8,17-19H2,(H,36,39)(H,37,40). The molecule has 41 heavy (non-hydrogen) atoms. The number of rotatable bonds is 9. The molecule has 1 heterocycles. The third kappa shape index (κ3) is 7.24. The lowest BCUT2D eigenvalue weighted by molar-refractivity contribution is -0.137.